The molecule has 30 heavy (non-hydrogen) atoms. The molecule has 1 aliphatic rings. The number of hydrogen-bond acceptors (Lipinski definition) is 3. The Kier molecular flexibility index (Phi) is 5.65. The number of aromatic nitrogens is 2. The number of aryl methyl sites for hydroxylation is 1. The maximum atomic E-state index is 12.6. The molecule has 2 aromatic carbocycles. The van der Waals surface area contributed by atoms with Crippen molar-refractivity contribution in [2.45, 2.75) is 26.7 Å². The van der Waals surface area contributed by atoms with Gasteiger partial charge in [-0.05, 0) is 61.2 Å². The molecule has 1 unspecified atom stereocenters. The molecule has 0 saturated carbocycles. The van der Waals surface area contributed by atoms with E-state index in [1.807, 2.05) is 73.3 Å². The van der Waals surface area contributed by atoms with Crippen LogP contribution in [0.2, 0.25) is 0 Å². The lowest BCUT2D eigenvalue weighted by molar-refractivity contribution is -0.126. The smallest absolute Gasteiger partial charge is 0.227 e. The first kappa shape index (κ1) is 19.9. The van der Waals surface area contributed by atoms with Crippen LogP contribution in [0.15, 0.2) is 60.9 Å². The lowest BCUT2D eigenvalue weighted by Crippen LogP contribution is -2.34. The molecular formula is C24H26N4O2. The summed E-state index contributed by atoms with van der Waals surface area (Å²) in [4.78, 5) is 26.9. The summed E-state index contributed by atoms with van der Waals surface area (Å²) in [6.07, 6.45) is 4.66. The summed E-state index contributed by atoms with van der Waals surface area (Å²) in [5, 5.41) is 7.22. The molecule has 1 saturated heterocycles. The maximum absolute atomic E-state index is 12.6. The van der Waals surface area contributed by atoms with E-state index in [1.54, 1.807) is 11.1 Å². The fraction of sp³-hybridized carbons (Fsp3) is 0.292. The second-order valence-electron chi connectivity index (χ2n) is 7.78. The lowest BCUT2D eigenvalue weighted by Gasteiger charge is -2.20. The highest BCUT2D eigenvalue weighted by molar-refractivity contribution is 6.00. The van der Waals surface area contributed by atoms with E-state index in [2.05, 4.69) is 10.4 Å². The summed E-state index contributed by atoms with van der Waals surface area (Å²) in [5.41, 5.74) is 5.29. The Morgan fingerprint density at radius 3 is 2.67 bits per heavy atom. The van der Waals surface area contributed by atoms with Gasteiger partial charge in [0.1, 0.15) is 0 Å². The van der Waals surface area contributed by atoms with Gasteiger partial charge in [0.15, 0.2) is 0 Å². The van der Waals surface area contributed by atoms with E-state index < -0.39 is 0 Å². The van der Waals surface area contributed by atoms with Gasteiger partial charge in [-0.25, -0.2) is 4.68 Å². The van der Waals surface area contributed by atoms with E-state index in [-0.39, 0.29) is 24.2 Å². The minimum absolute atomic E-state index is 0.0121. The van der Waals surface area contributed by atoms with Gasteiger partial charge in [0.2, 0.25) is 11.8 Å². The van der Waals surface area contributed by atoms with Crippen molar-refractivity contribution in [3.05, 3.63) is 77.6 Å². The molecular weight excluding hydrogens is 376 g/mol. The number of benzene rings is 2. The van der Waals surface area contributed by atoms with Crippen molar-refractivity contribution in [1.82, 2.24) is 15.1 Å². The molecule has 1 aromatic heterocycles. The Morgan fingerprint density at radius 2 is 1.93 bits per heavy atom. The van der Waals surface area contributed by atoms with Crippen molar-refractivity contribution in [2.75, 3.05) is 18.0 Å². The summed E-state index contributed by atoms with van der Waals surface area (Å²) >= 11 is 0. The number of nitrogens with zero attached hydrogens (tertiary/aromatic N) is 3. The van der Waals surface area contributed by atoms with Gasteiger partial charge in [0.05, 0.1) is 11.6 Å². The number of hydrogen-bond donors (Lipinski definition) is 1. The Hall–Kier alpha value is -3.41. The molecule has 2 heterocycles. The average Bonchev–Trinajstić information content (AvgIpc) is 3.41. The third kappa shape index (κ3) is 4.13. The quantitative estimate of drug-likeness (QED) is 0.689. The first-order valence-electron chi connectivity index (χ1n) is 10.3. The van der Waals surface area contributed by atoms with Crippen molar-refractivity contribution in [2.24, 2.45) is 5.92 Å². The highest BCUT2D eigenvalue weighted by Gasteiger charge is 2.35. The predicted octanol–water partition coefficient (Wildman–Crippen LogP) is 3.20. The van der Waals surface area contributed by atoms with Crippen molar-refractivity contribution < 1.29 is 9.59 Å². The van der Waals surface area contributed by atoms with Gasteiger partial charge in [-0.2, -0.15) is 5.10 Å². The third-order valence-electron chi connectivity index (χ3n) is 5.78. The molecule has 0 bridgehead atoms. The van der Waals surface area contributed by atoms with E-state index in [4.69, 9.17) is 0 Å². The fourth-order valence-corrected chi connectivity index (χ4v) is 3.86. The second-order valence-corrected chi connectivity index (χ2v) is 7.78. The topological polar surface area (TPSA) is 67.2 Å². The fourth-order valence-electron chi connectivity index (χ4n) is 3.86. The van der Waals surface area contributed by atoms with Crippen LogP contribution in [0.4, 0.5) is 5.69 Å². The van der Waals surface area contributed by atoms with Gasteiger partial charge in [0, 0.05) is 37.6 Å². The van der Waals surface area contributed by atoms with Gasteiger partial charge in [-0.15, -0.1) is 0 Å². The zero-order valence-corrected chi connectivity index (χ0v) is 17.3. The van der Waals surface area contributed by atoms with Crippen molar-refractivity contribution in [1.29, 1.82) is 0 Å². The minimum Gasteiger partial charge on any atom is -0.355 e. The van der Waals surface area contributed by atoms with Crippen LogP contribution >= 0.6 is 0 Å². The van der Waals surface area contributed by atoms with Gasteiger partial charge < -0.3 is 10.2 Å². The number of rotatable bonds is 6. The van der Waals surface area contributed by atoms with Crippen molar-refractivity contribution in [3.63, 3.8) is 0 Å². The van der Waals surface area contributed by atoms with Crippen LogP contribution in [0.5, 0.6) is 0 Å². The van der Waals surface area contributed by atoms with Crippen LogP contribution in [0.3, 0.4) is 0 Å². The SMILES string of the molecule is Cc1cccc(N2CC(C(=O)NCCc3ccc(-n4cccn4)cc3)CC2=O)c1C. The molecule has 154 valence electrons. The highest BCUT2D eigenvalue weighted by atomic mass is 16.2. The average molecular weight is 402 g/mol. The molecule has 1 atom stereocenters. The lowest BCUT2D eigenvalue weighted by atomic mass is 10.1. The number of carbonyl (C=O) groups excluding carboxylic acids is 2. The number of nitrogens with one attached hydrogen (secondary N) is 1. The normalized spacial score (nSPS) is 16.1. The van der Waals surface area contributed by atoms with E-state index >= 15 is 0 Å². The largest absolute Gasteiger partial charge is 0.355 e. The van der Waals surface area contributed by atoms with E-state index in [0.717, 1.165) is 34.5 Å². The minimum atomic E-state index is -0.306. The second kappa shape index (κ2) is 8.53. The predicted molar refractivity (Wildman–Crippen MR) is 117 cm³/mol. The van der Waals surface area contributed by atoms with Crippen LogP contribution in [-0.2, 0) is 16.0 Å². The molecule has 0 radical (unpaired) electrons. The number of anilines is 1. The van der Waals surface area contributed by atoms with Crippen LogP contribution in [-0.4, -0.2) is 34.7 Å². The number of amides is 2. The number of carbonyl (C=O) groups is 2. The van der Waals surface area contributed by atoms with Crippen LogP contribution in [0.1, 0.15) is 23.1 Å². The van der Waals surface area contributed by atoms with E-state index in [1.165, 1.54) is 0 Å². The summed E-state index contributed by atoms with van der Waals surface area (Å²) in [5.74, 6) is -0.345. The molecule has 2 amide bonds. The standard InChI is InChI=1S/C24H26N4O2/c1-17-5-3-6-22(18(17)2)27-16-20(15-23(27)29)24(30)25-13-11-19-7-9-21(10-8-19)28-14-4-12-26-28/h3-10,12,14,20H,11,13,15-16H2,1-2H3,(H,25,30). The van der Waals surface area contributed by atoms with Gasteiger partial charge >= 0.3 is 0 Å². The first-order valence-corrected chi connectivity index (χ1v) is 10.3. The molecule has 1 N–H and O–H groups in total. The third-order valence-corrected chi connectivity index (χ3v) is 5.78. The maximum Gasteiger partial charge on any atom is 0.227 e. The van der Waals surface area contributed by atoms with Gasteiger partial charge in [-0.3, -0.25) is 9.59 Å². The zero-order valence-electron chi connectivity index (χ0n) is 17.3. The first-order chi connectivity index (χ1) is 14.5. The summed E-state index contributed by atoms with van der Waals surface area (Å²) < 4.78 is 1.81. The van der Waals surface area contributed by atoms with Crippen LogP contribution in [0, 0.1) is 19.8 Å². The molecule has 4 rings (SSSR count). The molecule has 6 nitrogen and oxygen atoms in total. The van der Waals surface area contributed by atoms with Crippen molar-refractivity contribution >= 4 is 17.5 Å². The Bertz CT molecular complexity index is 1040. The summed E-state index contributed by atoms with van der Waals surface area (Å²) in [6, 6.07) is 16.0. The van der Waals surface area contributed by atoms with Crippen LogP contribution < -0.4 is 10.2 Å². The Balaban J connectivity index is 1.30. The molecule has 6 heteroatoms. The Labute approximate surface area is 176 Å². The van der Waals surface area contributed by atoms with E-state index in [9.17, 15) is 9.59 Å². The monoisotopic (exact) mass is 402 g/mol. The zero-order chi connectivity index (χ0) is 21.1. The summed E-state index contributed by atoms with van der Waals surface area (Å²) in [6.45, 7) is 5.04. The van der Waals surface area contributed by atoms with Crippen molar-refractivity contribution in [3.8, 4) is 5.69 Å². The highest BCUT2D eigenvalue weighted by Crippen LogP contribution is 2.29. The van der Waals surface area contributed by atoms with Crippen LogP contribution in [0.25, 0.3) is 5.69 Å². The van der Waals surface area contributed by atoms with E-state index in [0.29, 0.717) is 13.1 Å². The molecule has 1 aliphatic heterocycles. The van der Waals surface area contributed by atoms with Gasteiger partial charge in [0.25, 0.3) is 0 Å². The molecule has 0 spiro atoms. The summed E-state index contributed by atoms with van der Waals surface area (Å²) in [7, 11) is 0. The van der Waals surface area contributed by atoms with Gasteiger partial charge in [-0.1, -0.05) is 24.3 Å². The molecule has 0 aliphatic carbocycles. The Morgan fingerprint density at radius 1 is 1.13 bits per heavy atom. The molecule has 3 aromatic rings. The molecule has 1 fully saturated rings.